The highest BCUT2D eigenvalue weighted by molar-refractivity contribution is 5.69. The summed E-state index contributed by atoms with van der Waals surface area (Å²) < 4.78 is 29.9. The highest BCUT2D eigenvalue weighted by atomic mass is 16.6. The molecular weight excluding hydrogens is 570 g/mol. The summed E-state index contributed by atoms with van der Waals surface area (Å²) in [6.07, 6.45) is 2.44. The number of carbonyl (C=O) groups is 3. The Kier molecular flexibility index (Phi) is 8.39. The van der Waals surface area contributed by atoms with E-state index in [4.69, 9.17) is 23.4 Å². The zero-order valence-electron chi connectivity index (χ0n) is 26.1. The monoisotopic (exact) mass is 611 g/mol. The Labute approximate surface area is 256 Å². The first-order valence-corrected chi connectivity index (χ1v) is 15.2. The molecule has 3 heterocycles. The van der Waals surface area contributed by atoms with Crippen LogP contribution in [0.2, 0.25) is 0 Å². The zero-order chi connectivity index (χ0) is 32.0. The molecule has 0 radical (unpaired) electrons. The molecule has 8 atom stereocenters. The molecule has 3 aliphatic rings. The first kappa shape index (κ1) is 31.7. The Morgan fingerprint density at radius 2 is 1.86 bits per heavy atom. The molecule has 11 nitrogen and oxygen atoms in total. The van der Waals surface area contributed by atoms with Crippen molar-refractivity contribution in [3.8, 4) is 17.1 Å². The number of esters is 3. The van der Waals surface area contributed by atoms with E-state index in [0.717, 1.165) is 0 Å². The number of ether oxygens (including phenoxy) is 4. The third kappa shape index (κ3) is 5.29. The lowest BCUT2D eigenvalue weighted by Gasteiger charge is -2.66. The van der Waals surface area contributed by atoms with Crippen molar-refractivity contribution in [3.63, 3.8) is 0 Å². The number of nitrogens with zero attached hydrogens (tertiary/aromatic N) is 1. The highest BCUT2D eigenvalue weighted by Gasteiger charge is 2.70. The molecule has 5 rings (SSSR count). The van der Waals surface area contributed by atoms with Crippen LogP contribution in [-0.2, 0) is 28.6 Å². The van der Waals surface area contributed by atoms with Crippen LogP contribution in [0.5, 0.6) is 5.75 Å². The maximum absolute atomic E-state index is 13.5. The standard InChI is InChI=1S/C33H41NO10/c1-7-9-26(37)43-24-11-12-31(4)23(32(24,5)17-40-18(2)35)15-25(41-19(3)36)33(6)29(31)28(38)27-22(44-33)14-21(42-30(27)39)20-10-8-13-34-16-20/h8,10,13-14,16,23-25,28-29,38H,7,9,11-12,15,17H2,1-6H3/t23-,24+,25+,28+,29-,31+,32+,33-/m1/s1. The largest absolute Gasteiger partial charge is 0.482 e. The molecule has 2 saturated carbocycles. The van der Waals surface area contributed by atoms with Gasteiger partial charge in [0.1, 0.15) is 41.5 Å². The molecule has 0 aromatic carbocycles. The van der Waals surface area contributed by atoms with Gasteiger partial charge in [0.15, 0.2) is 0 Å². The molecule has 2 aromatic heterocycles. The summed E-state index contributed by atoms with van der Waals surface area (Å²) in [5.41, 5.74) is -3.09. The van der Waals surface area contributed by atoms with E-state index in [0.29, 0.717) is 24.8 Å². The van der Waals surface area contributed by atoms with Gasteiger partial charge in [-0.25, -0.2) is 4.79 Å². The van der Waals surface area contributed by atoms with Crippen molar-refractivity contribution in [2.45, 2.75) is 97.6 Å². The van der Waals surface area contributed by atoms with Gasteiger partial charge in [0.25, 0.3) is 0 Å². The molecule has 1 N–H and O–H groups in total. The molecule has 2 aliphatic carbocycles. The first-order chi connectivity index (χ1) is 20.7. The Bertz CT molecular complexity index is 1490. The summed E-state index contributed by atoms with van der Waals surface area (Å²) in [5, 5.41) is 12.1. The highest BCUT2D eigenvalue weighted by Crippen LogP contribution is 2.67. The van der Waals surface area contributed by atoms with Crippen LogP contribution >= 0.6 is 0 Å². The van der Waals surface area contributed by atoms with Crippen LogP contribution in [0.3, 0.4) is 0 Å². The minimum Gasteiger partial charge on any atom is -0.482 e. The molecule has 2 fully saturated rings. The van der Waals surface area contributed by atoms with Crippen molar-refractivity contribution in [2.75, 3.05) is 6.61 Å². The molecule has 1 aliphatic heterocycles. The fourth-order valence-corrected chi connectivity index (χ4v) is 8.26. The molecule has 0 spiro atoms. The van der Waals surface area contributed by atoms with Crippen molar-refractivity contribution in [3.05, 3.63) is 46.6 Å². The number of aliphatic hydroxyl groups is 1. The van der Waals surface area contributed by atoms with Gasteiger partial charge >= 0.3 is 23.5 Å². The molecule has 238 valence electrons. The predicted molar refractivity (Wildman–Crippen MR) is 156 cm³/mol. The summed E-state index contributed by atoms with van der Waals surface area (Å²) in [5.74, 6) is -2.11. The van der Waals surface area contributed by atoms with E-state index in [-0.39, 0.29) is 48.4 Å². The molecular formula is C33H41NO10. The lowest BCUT2D eigenvalue weighted by Crippen LogP contribution is -2.71. The van der Waals surface area contributed by atoms with E-state index in [1.54, 1.807) is 37.5 Å². The fraction of sp³-hybridized carbons (Fsp3) is 0.606. The van der Waals surface area contributed by atoms with E-state index in [1.165, 1.54) is 13.8 Å². The fourth-order valence-electron chi connectivity index (χ4n) is 8.26. The molecule has 44 heavy (non-hydrogen) atoms. The normalized spacial score (nSPS) is 33.9. The lowest BCUT2D eigenvalue weighted by atomic mass is 9.42. The van der Waals surface area contributed by atoms with Gasteiger partial charge in [-0.05, 0) is 56.1 Å². The van der Waals surface area contributed by atoms with Gasteiger partial charge in [0.2, 0.25) is 0 Å². The lowest BCUT2D eigenvalue weighted by molar-refractivity contribution is -0.271. The molecule has 0 saturated heterocycles. The molecule has 0 unspecified atom stereocenters. The Hall–Kier alpha value is -3.73. The Morgan fingerprint density at radius 3 is 2.50 bits per heavy atom. The second-order valence-electron chi connectivity index (χ2n) is 13.1. The number of aromatic nitrogens is 1. The second kappa shape index (κ2) is 11.6. The number of aliphatic hydroxyl groups excluding tert-OH is 1. The number of hydrogen-bond acceptors (Lipinski definition) is 11. The minimum atomic E-state index is -1.34. The van der Waals surface area contributed by atoms with Crippen molar-refractivity contribution in [1.82, 2.24) is 4.98 Å². The van der Waals surface area contributed by atoms with Crippen LogP contribution in [-0.4, -0.2) is 52.4 Å². The maximum Gasteiger partial charge on any atom is 0.345 e. The van der Waals surface area contributed by atoms with Crippen LogP contribution in [0.25, 0.3) is 11.3 Å². The van der Waals surface area contributed by atoms with Crippen LogP contribution in [0.1, 0.15) is 85.3 Å². The maximum atomic E-state index is 13.5. The molecule has 0 amide bonds. The smallest absolute Gasteiger partial charge is 0.345 e. The minimum absolute atomic E-state index is 0.0123. The van der Waals surface area contributed by atoms with E-state index in [2.05, 4.69) is 4.98 Å². The van der Waals surface area contributed by atoms with Crippen molar-refractivity contribution < 1.29 is 42.9 Å². The topological polar surface area (TPSA) is 151 Å². The van der Waals surface area contributed by atoms with Gasteiger partial charge in [0.05, 0.1) is 6.10 Å². The van der Waals surface area contributed by atoms with E-state index in [9.17, 15) is 24.3 Å². The molecule has 0 bridgehead atoms. The van der Waals surface area contributed by atoms with Crippen LogP contribution < -0.4 is 10.4 Å². The second-order valence-corrected chi connectivity index (χ2v) is 13.1. The number of fused-ring (bicyclic) bond motifs is 4. The van der Waals surface area contributed by atoms with E-state index < -0.39 is 58.2 Å². The van der Waals surface area contributed by atoms with Gasteiger partial charge in [-0.15, -0.1) is 0 Å². The summed E-state index contributed by atoms with van der Waals surface area (Å²) in [7, 11) is 0. The van der Waals surface area contributed by atoms with Gasteiger partial charge in [-0.1, -0.05) is 20.8 Å². The predicted octanol–water partition coefficient (Wildman–Crippen LogP) is 4.54. The average Bonchev–Trinajstić information content (AvgIpc) is 2.94. The van der Waals surface area contributed by atoms with Crippen LogP contribution in [0, 0.1) is 22.7 Å². The van der Waals surface area contributed by atoms with Crippen molar-refractivity contribution in [2.24, 2.45) is 22.7 Å². The van der Waals surface area contributed by atoms with Crippen LogP contribution in [0.15, 0.2) is 39.8 Å². The van der Waals surface area contributed by atoms with Gasteiger partial charge in [-0.2, -0.15) is 0 Å². The number of rotatable bonds is 7. The Morgan fingerprint density at radius 1 is 1.11 bits per heavy atom. The third-order valence-corrected chi connectivity index (χ3v) is 10.2. The van der Waals surface area contributed by atoms with E-state index in [1.807, 2.05) is 20.8 Å². The quantitative estimate of drug-likeness (QED) is 0.347. The summed E-state index contributed by atoms with van der Waals surface area (Å²) >= 11 is 0. The SMILES string of the molecule is CCCC(=O)O[C@H]1CC[C@@]2(C)[C@@H](C[C@H](OC(C)=O)[C@@]3(C)Oc4cc(-c5cccnc5)oc(=O)c4[C@H](O)[C@H]23)[C@]1(C)COC(C)=O. The van der Waals surface area contributed by atoms with Gasteiger partial charge in [0, 0.05) is 55.6 Å². The van der Waals surface area contributed by atoms with Crippen molar-refractivity contribution >= 4 is 17.9 Å². The number of hydrogen-bond donors (Lipinski definition) is 1. The summed E-state index contributed by atoms with van der Waals surface area (Å²) in [4.78, 5) is 54.8. The van der Waals surface area contributed by atoms with E-state index >= 15 is 0 Å². The average molecular weight is 612 g/mol. The molecule has 11 heteroatoms. The number of pyridine rings is 1. The van der Waals surface area contributed by atoms with Gasteiger partial charge in [-0.3, -0.25) is 19.4 Å². The van der Waals surface area contributed by atoms with Gasteiger partial charge < -0.3 is 28.5 Å². The van der Waals surface area contributed by atoms with Crippen LogP contribution in [0.4, 0.5) is 0 Å². The summed E-state index contributed by atoms with van der Waals surface area (Å²) in [6.45, 7) is 10.2. The molecule has 2 aromatic rings. The first-order valence-electron chi connectivity index (χ1n) is 15.2. The van der Waals surface area contributed by atoms with Crippen molar-refractivity contribution in [1.29, 1.82) is 0 Å². The third-order valence-electron chi connectivity index (χ3n) is 10.2. The summed E-state index contributed by atoms with van der Waals surface area (Å²) in [6, 6.07) is 5.01. The Balaban J connectivity index is 1.64. The number of carbonyl (C=O) groups excluding carboxylic acids is 3. The zero-order valence-corrected chi connectivity index (χ0v) is 26.1.